The van der Waals surface area contributed by atoms with Gasteiger partial charge in [0.05, 0.1) is 6.10 Å². The molecule has 0 unspecified atom stereocenters. The third kappa shape index (κ3) is 3.67. The Labute approximate surface area is 112 Å². The Morgan fingerprint density at radius 1 is 1.26 bits per heavy atom. The molecule has 0 aliphatic heterocycles. The van der Waals surface area contributed by atoms with E-state index in [0.29, 0.717) is 5.92 Å². The van der Waals surface area contributed by atoms with E-state index in [-0.39, 0.29) is 16.7 Å². The normalized spacial score (nSPS) is 24.2. The summed E-state index contributed by atoms with van der Waals surface area (Å²) in [6, 6.07) is 3.40. The van der Waals surface area contributed by atoms with E-state index >= 15 is 0 Å². The van der Waals surface area contributed by atoms with E-state index in [1.54, 1.807) is 0 Å². The molecule has 2 rings (SSSR count). The van der Waals surface area contributed by atoms with Crippen LogP contribution in [0.5, 0.6) is 5.75 Å². The predicted octanol–water partition coefficient (Wildman–Crippen LogP) is 2.43. The first-order valence-corrected chi connectivity index (χ1v) is 7.90. The van der Waals surface area contributed by atoms with Gasteiger partial charge in [0, 0.05) is 0 Å². The lowest BCUT2D eigenvalue weighted by atomic mass is 9.89. The van der Waals surface area contributed by atoms with Gasteiger partial charge in [0.25, 0.3) is 0 Å². The van der Waals surface area contributed by atoms with E-state index in [0.717, 1.165) is 31.7 Å². The highest BCUT2D eigenvalue weighted by molar-refractivity contribution is 7.89. The SMILES string of the molecule is CC1CCC(Oc2ccc(F)cc2S(N)(=O)=O)CC1. The van der Waals surface area contributed by atoms with Crippen molar-refractivity contribution in [1.29, 1.82) is 0 Å². The fourth-order valence-corrected chi connectivity index (χ4v) is 3.00. The summed E-state index contributed by atoms with van der Waals surface area (Å²) in [6.07, 6.45) is 3.83. The third-order valence-corrected chi connectivity index (χ3v) is 4.40. The highest BCUT2D eigenvalue weighted by Crippen LogP contribution is 2.30. The lowest BCUT2D eigenvalue weighted by Crippen LogP contribution is -2.24. The van der Waals surface area contributed by atoms with Crippen molar-refractivity contribution < 1.29 is 17.5 Å². The summed E-state index contributed by atoms with van der Waals surface area (Å²) in [4.78, 5) is -0.286. The monoisotopic (exact) mass is 287 g/mol. The first-order chi connectivity index (χ1) is 8.86. The molecule has 0 heterocycles. The number of nitrogens with two attached hydrogens (primary N) is 1. The highest BCUT2D eigenvalue weighted by atomic mass is 32.2. The second-order valence-electron chi connectivity index (χ2n) is 5.14. The van der Waals surface area contributed by atoms with Crippen LogP contribution >= 0.6 is 0 Å². The van der Waals surface area contributed by atoms with Crippen LogP contribution in [0.4, 0.5) is 4.39 Å². The topological polar surface area (TPSA) is 69.4 Å². The number of rotatable bonds is 3. The summed E-state index contributed by atoms with van der Waals surface area (Å²) in [5.41, 5.74) is 0. The Kier molecular flexibility index (Phi) is 4.10. The molecule has 19 heavy (non-hydrogen) atoms. The summed E-state index contributed by atoms with van der Waals surface area (Å²) in [7, 11) is -3.98. The van der Waals surface area contributed by atoms with Crippen molar-refractivity contribution in [2.75, 3.05) is 0 Å². The van der Waals surface area contributed by atoms with E-state index in [9.17, 15) is 12.8 Å². The van der Waals surface area contributed by atoms with Crippen LogP contribution in [0.3, 0.4) is 0 Å². The minimum absolute atomic E-state index is 0.0258. The van der Waals surface area contributed by atoms with Crippen LogP contribution < -0.4 is 9.88 Å². The van der Waals surface area contributed by atoms with E-state index in [1.807, 2.05) is 0 Å². The Morgan fingerprint density at radius 3 is 2.47 bits per heavy atom. The molecule has 1 aromatic carbocycles. The zero-order valence-electron chi connectivity index (χ0n) is 10.8. The standard InChI is InChI=1S/C13H18FNO3S/c1-9-2-5-11(6-3-9)18-12-7-4-10(14)8-13(12)19(15,16)17/h4,7-9,11H,2-3,5-6H2,1H3,(H2,15,16,17). The Bertz CT molecular complexity index is 551. The van der Waals surface area contributed by atoms with Crippen molar-refractivity contribution in [3.05, 3.63) is 24.0 Å². The molecule has 106 valence electrons. The maximum Gasteiger partial charge on any atom is 0.241 e. The van der Waals surface area contributed by atoms with Gasteiger partial charge in [-0.2, -0.15) is 0 Å². The van der Waals surface area contributed by atoms with E-state index < -0.39 is 15.8 Å². The van der Waals surface area contributed by atoms with Crippen molar-refractivity contribution in [3.8, 4) is 5.75 Å². The number of sulfonamides is 1. The van der Waals surface area contributed by atoms with Crippen LogP contribution in [-0.2, 0) is 10.0 Å². The molecule has 1 aliphatic carbocycles. The highest BCUT2D eigenvalue weighted by Gasteiger charge is 2.23. The Morgan fingerprint density at radius 2 is 1.89 bits per heavy atom. The van der Waals surface area contributed by atoms with Crippen molar-refractivity contribution in [2.24, 2.45) is 11.1 Å². The first kappa shape index (κ1) is 14.3. The zero-order valence-corrected chi connectivity index (χ0v) is 11.6. The van der Waals surface area contributed by atoms with Crippen LogP contribution in [0, 0.1) is 11.7 Å². The van der Waals surface area contributed by atoms with Crippen molar-refractivity contribution in [2.45, 2.75) is 43.6 Å². The average Bonchev–Trinajstić information content (AvgIpc) is 2.33. The van der Waals surface area contributed by atoms with Crippen LogP contribution in [0.15, 0.2) is 23.1 Å². The lowest BCUT2D eigenvalue weighted by molar-refractivity contribution is 0.132. The van der Waals surface area contributed by atoms with Gasteiger partial charge >= 0.3 is 0 Å². The van der Waals surface area contributed by atoms with Gasteiger partial charge < -0.3 is 4.74 Å². The van der Waals surface area contributed by atoms with Gasteiger partial charge in [-0.3, -0.25) is 0 Å². The van der Waals surface area contributed by atoms with Gasteiger partial charge in [0.2, 0.25) is 10.0 Å². The summed E-state index contributed by atoms with van der Waals surface area (Å²) in [6.45, 7) is 2.18. The zero-order chi connectivity index (χ0) is 14.0. The smallest absolute Gasteiger partial charge is 0.241 e. The summed E-state index contributed by atoms with van der Waals surface area (Å²) >= 11 is 0. The van der Waals surface area contributed by atoms with Crippen molar-refractivity contribution in [1.82, 2.24) is 0 Å². The molecule has 0 atom stereocenters. The van der Waals surface area contributed by atoms with Crippen molar-refractivity contribution >= 4 is 10.0 Å². The molecule has 6 heteroatoms. The molecule has 2 N–H and O–H groups in total. The van der Waals surface area contributed by atoms with Gasteiger partial charge in [0.15, 0.2) is 0 Å². The number of benzene rings is 1. The predicted molar refractivity (Wildman–Crippen MR) is 69.8 cm³/mol. The van der Waals surface area contributed by atoms with E-state index in [1.165, 1.54) is 12.1 Å². The summed E-state index contributed by atoms with van der Waals surface area (Å²) < 4.78 is 41.7. The van der Waals surface area contributed by atoms with Gasteiger partial charge in [-0.15, -0.1) is 0 Å². The molecule has 4 nitrogen and oxygen atoms in total. The molecule has 0 saturated heterocycles. The summed E-state index contributed by atoms with van der Waals surface area (Å²) in [5, 5.41) is 5.08. The van der Waals surface area contributed by atoms with E-state index in [2.05, 4.69) is 6.92 Å². The number of hydrogen-bond donors (Lipinski definition) is 1. The van der Waals surface area contributed by atoms with E-state index in [4.69, 9.17) is 9.88 Å². The van der Waals surface area contributed by atoms with Gasteiger partial charge in [-0.25, -0.2) is 17.9 Å². The maximum atomic E-state index is 13.1. The second-order valence-corrected chi connectivity index (χ2v) is 6.67. The number of ether oxygens (including phenoxy) is 1. The largest absolute Gasteiger partial charge is 0.489 e. The maximum absolute atomic E-state index is 13.1. The minimum atomic E-state index is -3.98. The van der Waals surface area contributed by atoms with Crippen LogP contribution in [0.2, 0.25) is 0 Å². The quantitative estimate of drug-likeness (QED) is 0.928. The van der Waals surface area contributed by atoms with Crippen LogP contribution in [0.1, 0.15) is 32.6 Å². The van der Waals surface area contributed by atoms with Crippen LogP contribution in [-0.4, -0.2) is 14.5 Å². The second kappa shape index (κ2) is 5.46. The molecule has 1 fully saturated rings. The molecular formula is C13H18FNO3S. The van der Waals surface area contributed by atoms with Crippen LogP contribution in [0.25, 0.3) is 0 Å². The molecule has 0 bridgehead atoms. The fraction of sp³-hybridized carbons (Fsp3) is 0.538. The Hall–Kier alpha value is -1.14. The fourth-order valence-electron chi connectivity index (χ4n) is 2.33. The molecule has 1 aliphatic rings. The molecule has 0 amide bonds. The molecule has 1 saturated carbocycles. The molecule has 0 spiro atoms. The number of halogens is 1. The van der Waals surface area contributed by atoms with Crippen molar-refractivity contribution in [3.63, 3.8) is 0 Å². The molecule has 0 radical (unpaired) electrons. The van der Waals surface area contributed by atoms with Gasteiger partial charge in [-0.05, 0) is 49.8 Å². The molecular weight excluding hydrogens is 269 g/mol. The third-order valence-electron chi connectivity index (χ3n) is 3.47. The minimum Gasteiger partial charge on any atom is -0.489 e. The molecule has 1 aromatic rings. The van der Waals surface area contributed by atoms with Gasteiger partial charge in [0.1, 0.15) is 16.5 Å². The Balaban J connectivity index is 2.21. The first-order valence-electron chi connectivity index (χ1n) is 6.35. The summed E-state index contributed by atoms with van der Waals surface area (Å²) in [5.74, 6) is 0.169. The van der Waals surface area contributed by atoms with Gasteiger partial charge in [-0.1, -0.05) is 6.92 Å². The lowest BCUT2D eigenvalue weighted by Gasteiger charge is -2.27. The number of hydrogen-bond acceptors (Lipinski definition) is 3. The average molecular weight is 287 g/mol. The molecule has 0 aromatic heterocycles. The number of primary sulfonamides is 1.